The van der Waals surface area contributed by atoms with Gasteiger partial charge in [-0.05, 0) is 23.2 Å². The summed E-state index contributed by atoms with van der Waals surface area (Å²) in [6.07, 6.45) is 3.24. The Hall–Kier alpha value is -2.64. The Morgan fingerprint density at radius 1 is 1.24 bits per heavy atom. The highest BCUT2D eigenvalue weighted by Gasteiger charge is 2.56. The third-order valence-corrected chi connectivity index (χ3v) is 5.96. The number of nitrogens with zero attached hydrogens (tertiary/aromatic N) is 1. The van der Waals surface area contributed by atoms with E-state index in [1.807, 2.05) is 25.7 Å². The van der Waals surface area contributed by atoms with Gasteiger partial charge in [0.25, 0.3) is 0 Å². The number of carbonyl (C=O) groups is 3. The van der Waals surface area contributed by atoms with Crippen molar-refractivity contribution >= 4 is 17.7 Å². The van der Waals surface area contributed by atoms with Gasteiger partial charge in [0.05, 0.1) is 6.42 Å². The van der Waals surface area contributed by atoms with Crippen LogP contribution in [0.3, 0.4) is 0 Å². The number of rotatable bonds is 6. The summed E-state index contributed by atoms with van der Waals surface area (Å²) < 4.78 is 0. The number of piperidine rings is 1. The van der Waals surface area contributed by atoms with Crippen LogP contribution in [-0.4, -0.2) is 53.3 Å². The smallest absolute Gasteiger partial charge is 0.243 e. The highest BCUT2D eigenvalue weighted by molar-refractivity contribution is 5.87. The van der Waals surface area contributed by atoms with Crippen molar-refractivity contribution in [2.75, 3.05) is 19.6 Å². The summed E-state index contributed by atoms with van der Waals surface area (Å²) in [5.41, 5.74) is -0.0316. The molecule has 1 aromatic rings. The van der Waals surface area contributed by atoms with Crippen LogP contribution in [0.5, 0.6) is 0 Å². The Balaban J connectivity index is 1.46. The molecule has 8 nitrogen and oxygen atoms in total. The van der Waals surface area contributed by atoms with Gasteiger partial charge in [0, 0.05) is 50.6 Å². The first-order valence-corrected chi connectivity index (χ1v) is 10.1. The maximum Gasteiger partial charge on any atom is 0.243 e. The third kappa shape index (κ3) is 4.86. The molecule has 0 radical (unpaired) electrons. The number of aromatic amines is 1. The lowest BCUT2D eigenvalue weighted by molar-refractivity contribution is -0.131. The minimum Gasteiger partial charge on any atom is -0.367 e. The van der Waals surface area contributed by atoms with E-state index in [0.717, 1.165) is 0 Å². The molecule has 2 heterocycles. The number of hydrogen-bond acceptors (Lipinski definition) is 4. The molecule has 2 unspecified atom stereocenters. The zero-order chi connectivity index (χ0) is 21.3. The average Bonchev–Trinajstić information content (AvgIpc) is 3.07. The van der Waals surface area contributed by atoms with Crippen LogP contribution in [0.2, 0.25) is 0 Å². The van der Waals surface area contributed by atoms with Crippen LogP contribution in [0.1, 0.15) is 33.3 Å². The highest BCUT2D eigenvalue weighted by atomic mass is 16.2. The normalized spacial score (nSPS) is 23.9. The van der Waals surface area contributed by atoms with Gasteiger partial charge in [-0.1, -0.05) is 20.8 Å². The van der Waals surface area contributed by atoms with Crippen molar-refractivity contribution in [2.24, 2.45) is 23.2 Å². The van der Waals surface area contributed by atoms with E-state index in [2.05, 4.69) is 15.6 Å². The van der Waals surface area contributed by atoms with Gasteiger partial charge in [-0.25, -0.2) is 0 Å². The van der Waals surface area contributed by atoms with E-state index in [0.29, 0.717) is 43.0 Å². The number of likely N-dealkylation sites (tertiary alicyclic amines) is 1. The quantitative estimate of drug-likeness (QED) is 0.635. The summed E-state index contributed by atoms with van der Waals surface area (Å²) in [7, 11) is 0. The van der Waals surface area contributed by atoms with Gasteiger partial charge in [0.15, 0.2) is 5.43 Å². The Kier molecular flexibility index (Phi) is 5.82. The predicted molar refractivity (Wildman–Crippen MR) is 108 cm³/mol. The Morgan fingerprint density at radius 2 is 1.90 bits per heavy atom. The second-order valence-corrected chi connectivity index (χ2v) is 9.25. The number of fused-ring (bicyclic) bond motifs is 1. The van der Waals surface area contributed by atoms with Gasteiger partial charge in [0.2, 0.25) is 17.7 Å². The van der Waals surface area contributed by atoms with Crippen LogP contribution in [-0.2, 0) is 20.8 Å². The summed E-state index contributed by atoms with van der Waals surface area (Å²) in [5, 5.41) is 5.71. The lowest BCUT2D eigenvalue weighted by atomic mass is 9.86. The molecule has 3 N–H and O–H groups in total. The number of amides is 3. The Bertz CT molecular complexity index is 845. The van der Waals surface area contributed by atoms with E-state index >= 15 is 0 Å². The predicted octanol–water partition coefficient (Wildman–Crippen LogP) is 0.289. The zero-order valence-corrected chi connectivity index (χ0v) is 17.5. The molecule has 1 saturated heterocycles. The van der Waals surface area contributed by atoms with E-state index in [-0.39, 0.29) is 35.0 Å². The van der Waals surface area contributed by atoms with Crippen LogP contribution in [0, 0.1) is 23.2 Å². The van der Waals surface area contributed by atoms with Crippen molar-refractivity contribution in [3.63, 3.8) is 0 Å². The van der Waals surface area contributed by atoms with Gasteiger partial charge in [0.1, 0.15) is 6.04 Å². The molecule has 1 saturated carbocycles. The molecule has 2 fully saturated rings. The fourth-order valence-electron chi connectivity index (χ4n) is 4.22. The van der Waals surface area contributed by atoms with Crippen molar-refractivity contribution in [3.05, 3.63) is 34.2 Å². The molecular formula is C21H30N4O4. The van der Waals surface area contributed by atoms with Crippen molar-refractivity contribution in [1.29, 1.82) is 0 Å². The van der Waals surface area contributed by atoms with Crippen molar-refractivity contribution in [1.82, 2.24) is 20.5 Å². The maximum absolute atomic E-state index is 12.6. The second kappa shape index (κ2) is 8.00. The molecule has 3 rings (SSSR count). The molecule has 0 bridgehead atoms. The molecule has 0 aromatic carbocycles. The molecule has 3 atom stereocenters. The molecule has 1 aliphatic heterocycles. The lowest BCUT2D eigenvalue weighted by Gasteiger charge is -2.30. The molecule has 1 aromatic heterocycles. The third-order valence-electron chi connectivity index (χ3n) is 5.96. The number of carbonyl (C=O) groups excluding carboxylic acids is 3. The maximum atomic E-state index is 12.6. The summed E-state index contributed by atoms with van der Waals surface area (Å²) >= 11 is 0. The Labute approximate surface area is 170 Å². The lowest BCUT2D eigenvalue weighted by Crippen LogP contribution is -2.53. The fourth-order valence-corrected chi connectivity index (χ4v) is 4.22. The van der Waals surface area contributed by atoms with Crippen LogP contribution >= 0.6 is 0 Å². The average molecular weight is 402 g/mol. The number of hydrogen-bond donors (Lipinski definition) is 3. The summed E-state index contributed by atoms with van der Waals surface area (Å²) in [5.74, 6) is 0.712. The van der Waals surface area contributed by atoms with Crippen molar-refractivity contribution in [2.45, 2.75) is 40.2 Å². The van der Waals surface area contributed by atoms with Crippen LogP contribution < -0.4 is 16.1 Å². The molecule has 1 aliphatic carbocycles. The standard InChI is InChI=1S/C21H30N4O4/c1-12(26)24-19(21(2,3)4)20(29)23-9-14-15-10-25(11-16(14)15)18(28)7-13-8-22-6-5-17(13)27/h5-6,8,14-16,19H,7,9-11H2,1-4H3,(H,22,27)(H,23,29)(H,24,26)/t14?,15?,16?,19-/m1/s1. The minimum absolute atomic E-state index is 0.0323. The topological polar surface area (TPSA) is 111 Å². The minimum atomic E-state index is -0.583. The Morgan fingerprint density at radius 3 is 2.45 bits per heavy atom. The molecule has 2 aliphatic rings. The first kappa shape index (κ1) is 21.1. The summed E-state index contributed by atoms with van der Waals surface area (Å²) in [6, 6.07) is 0.842. The number of aromatic nitrogens is 1. The van der Waals surface area contributed by atoms with Crippen molar-refractivity contribution in [3.8, 4) is 0 Å². The van der Waals surface area contributed by atoms with E-state index < -0.39 is 6.04 Å². The van der Waals surface area contributed by atoms with Gasteiger partial charge in [-0.2, -0.15) is 0 Å². The van der Waals surface area contributed by atoms with Gasteiger partial charge < -0.3 is 20.5 Å². The van der Waals surface area contributed by atoms with E-state index in [4.69, 9.17) is 0 Å². The summed E-state index contributed by atoms with van der Waals surface area (Å²) in [4.78, 5) is 52.9. The van der Waals surface area contributed by atoms with Crippen LogP contribution in [0.4, 0.5) is 0 Å². The molecule has 158 valence electrons. The molecule has 8 heteroatoms. The number of H-pyrrole nitrogens is 1. The fraction of sp³-hybridized carbons (Fsp3) is 0.619. The molecule has 29 heavy (non-hydrogen) atoms. The van der Waals surface area contributed by atoms with Gasteiger partial charge in [-0.15, -0.1) is 0 Å². The van der Waals surface area contributed by atoms with E-state index in [9.17, 15) is 19.2 Å². The van der Waals surface area contributed by atoms with Crippen LogP contribution in [0.15, 0.2) is 23.3 Å². The molecule has 0 spiro atoms. The first-order valence-electron chi connectivity index (χ1n) is 10.1. The summed E-state index contributed by atoms with van der Waals surface area (Å²) in [6.45, 7) is 9.06. The molecular weight excluding hydrogens is 372 g/mol. The van der Waals surface area contributed by atoms with Gasteiger partial charge in [-0.3, -0.25) is 19.2 Å². The second-order valence-electron chi connectivity index (χ2n) is 9.25. The van der Waals surface area contributed by atoms with Crippen LogP contribution in [0.25, 0.3) is 0 Å². The highest BCUT2D eigenvalue weighted by Crippen LogP contribution is 2.51. The SMILES string of the molecule is CC(=O)N[C@H](C(=O)NCC1C2CN(C(=O)Cc3c[nH]ccc3=O)CC12)C(C)(C)C. The number of pyridine rings is 1. The molecule has 3 amide bonds. The van der Waals surface area contributed by atoms with Crippen molar-refractivity contribution < 1.29 is 14.4 Å². The van der Waals surface area contributed by atoms with Gasteiger partial charge >= 0.3 is 0 Å². The van der Waals surface area contributed by atoms with E-state index in [1.54, 1.807) is 12.4 Å². The van der Waals surface area contributed by atoms with E-state index in [1.165, 1.54) is 13.0 Å². The largest absolute Gasteiger partial charge is 0.367 e. The number of nitrogens with one attached hydrogen (secondary N) is 3. The zero-order valence-electron chi connectivity index (χ0n) is 17.5. The monoisotopic (exact) mass is 402 g/mol. The first-order chi connectivity index (χ1) is 13.6.